The zero-order valence-electron chi connectivity index (χ0n) is 21.0. The van der Waals surface area contributed by atoms with E-state index >= 15 is 0 Å². The molecule has 3 rings (SSSR count). The van der Waals surface area contributed by atoms with E-state index in [2.05, 4.69) is 5.32 Å². The Morgan fingerprint density at radius 3 is 2.49 bits per heavy atom. The molecule has 7 heteroatoms. The van der Waals surface area contributed by atoms with Gasteiger partial charge in [-0.3, -0.25) is 19.3 Å². The van der Waals surface area contributed by atoms with Crippen LogP contribution >= 0.6 is 0 Å². The molecule has 1 aromatic rings. The molecule has 2 aliphatic rings. The largest absolute Gasteiger partial charge is 0.379 e. The maximum absolute atomic E-state index is 13.8. The molecule has 35 heavy (non-hydrogen) atoms. The van der Waals surface area contributed by atoms with Crippen LogP contribution in [0.4, 0.5) is 0 Å². The number of rotatable bonds is 12. The van der Waals surface area contributed by atoms with Gasteiger partial charge in [0.05, 0.1) is 31.8 Å². The molecule has 1 aliphatic heterocycles. The molecule has 1 heterocycles. The summed E-state index contributed by atoms with van der Waals surface area (Å²) in [4.78, 5) is 41.8. The number of carbonyl (C=O) groups is 3. The number of amides is 1. The van der Waals surface area contributed by atoms with Crippen molar-refractivity contribution in [3.63, 3.8) is 0 Å². The van der Waals surface area contributed by atoms with Crippen LogP contribution in [0.2, 0.25) is 0 Å². The Kier molecular flexibility index (Phi) is 10.4. The van der Waals surface area contributed by atoms with Gasteiger partial charge < -0.3 is 15.8 Å². The molecule has 1 amide bonds. The summed E-state index contributed by atoms with van der Waals surface area (Å²) in [5.41, 5.74) is 8.19. The van der Waals surface area contributed by atoms with Crippen molar-refractivity contribution in [2.75, 3.05) is 32.8 Å². The minimum absolute atomic E-state index is 0.159. The highest BCUT2D eigenvalue weighted by molar-refractivity contribution is 6.12. The standard InChI is InChI=1S/C28H39N3O4/c1-20(2)18-24(29)27(33)22-10-6-7-11-23(22)28(34)25(13-12-21-8-4-3-5-9-21)30-26(32)19-31-14-16-35-17-15-31/h3-5,7-9,11,20,24-25H,6,10,12-19,29H2,1-2H3,(H,30,32)/t24-,25-/m0/s1. The van der Waals surface area contributed by atoms with Crippen LogP contribution in [0.15, 0.2) is 53.6 Å². The molecule has 1 aliphatic carbocycles. The predicted molar refractivity (Wildman–Crippen MR) is 137 cm³/mol. The van der Waals surface area contributed by atoms with Crippen LogP contribution in [0, 0.1) is 5.92 Å². The summed E-state index contributed by atoms with van der Waals surface area (Å²) in [6.45, 7) is 6.86. The van der Waals surface area contributed by atoms with E-state index in [1.54, 1.807) is 6.08 Å². The average molecular weight is 482 g/mol. The summed E-state index contributed by atoms with van der Waals surface area (Å²) >= 11 is 0. The average Bonchev–Trinajstić information content (AvgIpc) is 2.86. The highest BCUT2D eigenvalue weighted by Crippen LogP contribution is 2.25. The first-order valence-electron chi connectivity index (χ1n) is 12.7. The van der Waals surface area contributed by atoms with Gasteiger partial charge in [-0.25, -0.2) is 0 Å². The van der Waals surface area contributed by atoms with Crippen molar-refractivity contribution in [1.82, 2.24) is 10.2 Å². The maximum Gasteiger partial charge on any atom is 0.234 e. The van der Waals surface area contributed by atoms with Gasteiger partial charge in [0.25, 0.3) is 0 Å². The van der Waals surface area contributed by atoms with Gasteiger partial charge in [-0.2, -0.15) is 0 Å². The summed E-state index contributed by atoms with van der Waals surface area (Å²) in [5, 5.41) is 2.97. The number of ether oxygens (including phenoxy) is 1. The quantitative estimate of drug-likeness (QED) is 0.476. The molecular formula is C28H39N3O4. The first-order valence-corrected chi connectivity index (χ1v) is 12.7. The van der Waals surface area contributed by atoms with E-state index in [1.165, 1.54) is 0 Å². The Morgan fingerprint density at radius 1 is 1.09 bits per heavy atom. The van der Waals surface area contributed by atoms with Crippen LogP contribution in [-0.4, -0.2) is 67.3 Å². The fourth-order valence-electron chi connectivity index (χ4n) is 4.60. The first-order chi connectivity index (χ1) is 16.8. The fraction of sp³-hybridized carbons (Fsp3) is 0.536. The lowest BCUT2D eigenvalue weighted by Crippen LogP contribution is -2.48. The minimum Gasteiger partial charge on any atom is -0.379 e. The van der Waals surface area contributed by atoms with Gasteiger partial charge in [0.1, 0.15) is 0 Å². The summed E-state index contributed by atoms with van der Waals surface area (Å²) in [5.74, 6) is -0.283. The second-order valence-electron chi connectivity index (χ2n) is 9.83. The van der Waals surface area contributed by atoms with Gasteiger partial charge in [0.2, 0.25) is 5.91 Å². The maximum atomic E-state index is 13.8. The summed E-state index contributed by atoms with van der Waals surface area (Å²) in [7, 11) is 0. The van der Waals surface area contributed by atoms with E-state index in [1.807, 2.05) is 55.2 Å². The number of hydrogen-bond donors (Lipinski definition) is 2. The Labute approximate surface area is 208 Å². The minimum atomic E-state index is -0.717. The number of Topliss-reactive ketones (excluding diaryl/α,β-unsaturated/α-hetero) is 2. The van der Waals surface area contributed by atoms with Crippen LogP contribution in [-0.2, 0) is 25.5 Å². The molecule has 1 saturated heterocycles. The number of nitrogens with zero attached hydrogens (tertiary/aromatic N) is 1. The van der Waals surface area contributed by atoms with Crippen molar-refractivity contribution in [2.45, 2.75) is 58.0 Å². The van der Waals surface area contributed by atoms with E-state index in [-0.39, 0.29) is 29.9 Å². The van der Waals surface area contributed by atoms with E-state index in [4.69, 9.17) is 10.5 Å². The second kappa shape index (κ2) is 13.5. The molecule has 0 bridgehead atoms. The number of nitrogens with one attached hydrogen (secondary N) is 1. The molecule has 0 saturated carbocycles. The van der Waals surface area contributed by atoms with E-state index in [9.17, 15) is 14.4 Å². The second-order valence-corrected chi connectivity index (χ2v) is 9.83. The summed E-state index contributed by atoms with van der Waals surface area (Å²) < 4.78 is 5.36. The van der Waals surface area contributed by atoms with Crippen LogP contribution in [0.1, 0.15) is 45.1 Å². The monoisotopic (exact) mass is 481 g/mol. The Morgan fingerprint density at radius 2 is 1.80 bits per heavy atom. The van der Waals surface area contributed by atoms with Crippen LogP contribution in [0.5, 0.6) is 0 Å². The molecule has 1 aromatic carbocycles. The number of ketones is 2. The highest BCUT2D eigenvalue weighted by Gasteiger charge is 2.30. The molecule has 0 aromatic heterocycles. The third kappa shape index (κ3) is 8.23. The van der Waals surface area contributed by atoms with Crippen molar-refractivity contribution in [2.24, 2.45) is 11.7 Å². The molecule has 1 fully saturated rings. The topological polar surface area (TPSA) is 102 Å². The molecule has 2 atom stereocenters. The van der Waals surface area contributed by atoms with Gasteiger partial charge >= 0.3 is 0 Å². The van der Waals surface area contributed by atoms with E-state index in [0.717, 1.165) is 5.56 Å². The number of allylic oxidation sites excluding steroid dienone is 2. The molecule has 0 radical (unpaired) electrons. The van der Waals surface area contributed by atoms with Crippen LogP contribution < -0.4 is 11.1 Å². The zero-order valence-corrected chi connectivity index (χ0v) is 21.0. The Balaban J connectivity index is 1.79. The van der Waals surface area contributed by atoms with E-state index < -0.39 is 12.1 Å². The molecule has 7 nitrogen and oxygen atoms in total. The first kappa shape index (κ1) is 27.0. The zero-order chi connectivity index (χ0) is 25.2. The van der Waals surface area contributed by atoms with Gasteiger partial charge in [-0.1, -0.05) is 56.3 Å². The number of hydrogen-bond acceptors (Lipinski definition) is 6. The van der Waals surface area contributed by atoms with E-state index in [0.29, 0.717) is 69.6 Å². The molecule has 0 unspecified atom stereocenters. The van der Waals surface area contributed by atoms with Crippen LogP contribution in [0.25, 0.3) is 0 Å². The predicted octanol–water partition coefficient (Wildman–Crippen LogP) is 2.59. The van der Waals surface area contributed by atoms with Gasteiger partial charge in [-0.05, 0) is 43.6 Å². The van der Waals surface area contributed by atoms with Gasteiger partial charge in [-0.15, -0.1) is 0 Å². The highest BCUT2D eigenvalue weighted by atomic mass is 16.5. The van der Waals surface area contributed by atoms with Crippen molar-refractivity contribution >= 4 is 17.5 Å². The SMILES string of the molecule is CC(C)C[C@H](N)C(=O)C1=C(C(=O)[C@H](CCc2ccccc2)NC(=O)CN2CCOCC2)C=CCC1. The Hall–Kier alpha value is -2.61. The van der Waals surface area contributed by atoms with Crippen molar-refractivity contribution in [3.05, 3.63) is 59.2 Å². The lowest BCUT2D eigenvalue weighted by atomic mass is 9.85. The normalized spacial score (nSPS) is 18.4. The third-order valence-corrected chi connectivity index (χ3v) is 6.48. The smallest absolute Gasteiger partial charge is 0.234 e. The molecule has 0 spiro atoms. The summed E-state index contributed by atoms with van der Waals surface area (Å²) in [6, 6.07) is 8.55. The number of benzene rings is 1. The molecular weight excluding hydrogens is 442 g/mol. The van der Waals surface area contributed by atoms with Gasteiger partial charge in [0.15, 0.2) is 11.6 Å². The van der Waals surface area contributed by atoms with Crippen molar-refractivity contribution in [1.29, 1.82) is 0 Å². The third-order valence-electron chi connectivity index (χ3n) is 6.48. The van der Waals surface area contributed by atoms with Crippen molar-refractivity contribution < 1.29 is 19.1 Å². The molecule has 190 valence electrons. The van der Waals surface area contributed by atoms with Crippen LogP contribution in [0.3, 0.4) is 0 Å². The Bertz CT molecular complexity index is 933. The lowest BCUT2D eigenvalue weighted by molar-refractivity contribution is -0.127. The lowest BCUT2D eigenvalue weighted by Gasteiger charge is -2.27. The number of aryl methyl sites for hydroxylation is 1. The fourth-order valence-corrected chi connectivity index (χ4v) is 4.60. The molecule has 3 N–H and O–H groups in total. The number of morpholine rings is 1. The van der Waals surface area contributed by atoms with Crippen molar-refractivity contribution in [3.8, 4) is 0 Å². The number of carbonyl (C=O) groups excluding carboxylic acids is 3. The summed E-state index contributed by atoms with van der Waals surface area (Å²) in [6.07, 6.45) is 6.52. The van der Waals surface area contributed by atoms with Gasteiger partial charge in [0, 0.05) is 24.2 Å². The number of nitrogens with two attached hydrogens (primary N) is 1.